The van der Waals surface area contributed by atoms with Crippen LogP contribution in [0, 0.1) is 0 Å². The third-order valence-electron chi connectivity index (χ3n) is 3.03. The van der Waals surface area contributed by atoms with Gasteiger partial charge in [0, 0.05) is 32.4 Å². The molecule has 1 N–H and O–H groups in total. The number of anilines is 1. The van der Waals surface area contributed by atoms with Gasteiger partial charge in [-0.05, 0) is 40.1 Å². The van der Waals surface area contributed by atoms with Gasteiger partial charge in [0.25, 0.3) is 5.91 Å². The van der Waals surface area contributed by atoms with Gasteiger partial charge in [0.1, 0.15) is 5.82 Å². The molecule has 5 nitrogen and oxygen atoms in total. The van der Waals surface area contributed by atoms with Crippen LogP contribution in [0.4, 0.5) is 5.82 Å². The molecule has 1 aromatic rings. The van der Waals surface area contributed by atoms with Crippen LogP contribution in [-0.4, -0.2) is 61.0 Å². The van der Waals surface area contributed by atoms with Crippen molar-refractivity contribution in [2.24, 2.45) is 0 Å². The van der Waals surface area contributed by atoms with Gasteiger partial charge in [-0.15, -0.1) is 0 Å². The Bertz CT molecular complexity index is 402. The van der Waals surface area contributed by atoms with E-state index in [-0.39, 0.29) is 11.9 Å². The number of carbonyl (C=O) groups is 1. The third-order valence-corrected chi connectivity index (χ3v) is 3.03. The van der Waals surface area contributed by atoms with Crippen molar-refractivity contribution in [1.82, 2.24) is 14.8 Å². The molecule has 1 unspecified atom stereocenters. The Morgan fingerprint density at radius 1 is 1.42 bits per heavy atom. The first-order chi connectivity index (χ1) is 8.99. The van der Waals surface area contributed by atoms with Gasteiger partial charge in [-0.25, -0.2) is 4.98 Å². The molecule has 1 aromatic heterocycles. The molecule has 0 fully saturated rings. The third kappa shape index (κ3) is 4.21. The van der Waals surface area contributed by atoms with E-state index in [1.54, 1.807) is 13.2 Å². The first-order valence-electron chi connectivity index (χ1n) is 6.59. The first kappa shape index (κ1) is 15.4. The molecule has 0 aliphatic heterocycles. The highest BCUT2D eigenvalue weighted by atomic mass is 16.2. The van der Waals surface area contributed by atoms with E-state index in [9.17, 15) is 4.79 Å². The lowest BCUT2D eigenvalue weighted by atomic mass is 10.2. The minimum atomic E-state index is 0.0343. The zero-order chi connectivity index (χ0) is 14.4. The molecule has 0 radical (unpaired) electrons. The average Bonchev–Trinajstić information content (AvgIpc) is 2.38. The summed E-state index contributed by atoms with van der Waals surface area (Å²) in [6.07, 6.45) is 1.62. The topological polar surface area (TPSA) is 48.5 Å². The Balaban J connectivity index is 2.82. The van der Waals surface area contributed by atoms with E-state index in [4.69, 9.17) is 0 Å². The van der Waals surface area contributed by atoms with E-state index < -0.39 is 0 Å². The highest BCUT2D eigenvalue weighted by molar-refractivity contribution is 5.94. The number of hydrogen-bond acceptors (Lipinski definition) is 4. The van der Waals surface area contributed by atoms with Gasteiger partial charge in [0.05, 0.1) is 5.56 Å². The highest BCUT2D eigenvalue weighted by Gasteiger charge is 2.20. The van der Waals surface area contributed by atoms with E-state index >= 15 is 0 Å². The zero-order valence-corrected chi connectivity index (χ0v) is 12.5. The molecule has 1 atom stereocenters. The molecular weight excluding hydrogens is 240 g/mol. The number of aromatic nitrogens is 1. The van der Waals surface area contributed by atoms with E-state index in [1.807, 2.05) is 38.1 Å². The number of carbonyl (C=O) groups excluding carboxylic acids is 1. The normalized spacial score (nSPS) is 12.3. The lowest BCUT2D eigenvalue weighted by Crippen LogP contribution is -2.43. The van der Waals surface area contributed by atoms with Crippen LogP contribution in [0.25, 0.3) is 0 Å². The van der Waals surface area contributed by atoms with Gasteiger partial charge >= 0.3 is 0 Å². The second-order valence-electron chi connectivity index (χ2n) is 4.88. The fraction of sp³-hybridized carbons (Fsp3) is 0.571. The predicted molar refractivity (Wildman–Crippen MR) is 78.5 cm³/mol. The van der Waals surface area contributed by atoms with Gasteiger partial charge in [-0.1, -0.05) is 0 Å². The average molecular weight is 264 g/mol. The maximum absolute atomic E-state index is 12.4. The zero-order valence-electron chi connectivity index (χ0n) is 12.5. The van der Waals surface area contributed by atoms with Crippen LogP contribution in [0.15, 0.2) is 18.3 Å². The van der Waals surface area contributed by atoms with Crippen LogP contribution in [-0.2, 0) is 0 Å². The maximum atomic E-state index is 12.4. The van der Waals surface area contributed by atoms with E-state index in [0.29, 0.717) is 12.1 Å². The first-order valence-corrected chi connectivity index (χ1v) is 6.59. The molecule has 1 amide bonds. The van der Waals surface area contributed by atoms with Crippen molar-refractivity contribution in [2.45, 2.75) is 19.9 Å². The molecule has 1 heterocycles. The number of nitrogens with zero attached hydrogens (tertiary/aromatic N) is 3. The summed E-state index contributed by atoms with van der Waals surface area (Å²) in [6.45, 7) is 5.61. The molecule has 19 heavy (non-hydrogen) atoms. The van der Waals surface area contributed by atoms with E-state index in [2.05, 4.69) is 22.1 Å². The summed E-state index contributed by atoms with van der Waals surface area (Å²) in [4.78, 5) is 20.6. The van der Waals surface area contributed by atoms with Crippen molar-refractivity contribution < 1.29 is 4.79 Å². The molecule has 0 aromatic carbocycles. The molecule has 0 saturated carbocycles. The summed E-state index contributed by atoms with van der Waals surface area (Å²) >= 11 is 0. The van der Waals surface area contributed by atoms with Gasteiger partial charge in [-0.2, -0.15) is 0 Å². The van der Waals surface area contributed by atoms with Gasteiger partial charge in [0.2, 0.25) is 0 Å². The number of amides is 1. The number of rotatable bonds is 6. The number of likely N-dealkylation sites (N-methyl/N-ethyl adjacent to an activating group) is 2. The van der Waals surface area contributed by atoms with Crippen molar-refractivity contribution in [3.63, 3.8) is 0 Å². The molecule has 0 bridgehead atoms. The fourth-order valence-corrected chi connectivity index (χ4v) is 2.12. The SMILES string of the molecule is CCN(C(=O)c1ccc(NC)nc1)C(C)CN(C)C. The molecule has 0 aliphatic carbocycles. The summed E-state index contributed by atoms with van der Waals surface area (Å²) in [7, 11) is 5.83. The Kier molecular flexibility index (Phi) is 5.76. The molecule has 0 aliphatic rings. The lowest BCUT2D eigenvalue weighted by Gasteiger charge is -2.30. The van der Waals surface area contributed by atoms with Gasteiger partial charge in [-0.3, -0.25) is 4.79 Å². The Morgan fingerprint density at radius 2 is 2.11 bits per heavy atom. The minimum Gasteiger partial charge on any atom is -0.373 e. The predicted octanol–water partition coefficient (Wildman–Crippen LogP) is 1.54. The number of nitrogens with one attached hydrogen (secondary N) is 1. The van der Waals surface area contributed by atoms with Crippen molar-refractivity contribution in [3.8, 4) is 0 Å². The second-order valence-corrected chi connectivity index (χ2v) is 4.88. The van der Waals surface area contributed by atoms with E-state index in [1.165, 1.54) is 0 Å². The van der Waals surface area contributed by atoms with Crippen LogP contribution >= 0.6 is 0 Å². The quantitative estimate of drug-likeness (QED) is 0.846. The summed E-state index contributed by atoms with van der Waals surface area (Å²) in [5.74, 6) is 0.799. The largest absolute Gasteiger partial charge is 0.373 e. The summed E-state index contributed by atoms with van der Waals surface area (Å²) in [5, 5.41) is 2.94. The molecule has 0 spiro atoms. The Hall–Kier alpha value is -1.62. The van der Waals surface area contributed by atoms with Crippen molar-refractivity contribution >= 4 is 11.7 Å². The van der Waals surface area contributed by atoms with Crippen LogP contribution in [0.5, 0.6) is 0 Å². The van der Waals surface area contributed by atoms with Crippen LogP contribution in [0.3, 0.4) is 0 Å². The highest BCUT2D eigenvalue weighted by Crippen LogP contribution is 2.10. The molecular formula is C14H24N4O. The minimum absolute atomic E-state index is 0.0343. The van der Waals surface area contributed by atoms with Gasteiger partial charge in [0.15, 0.2) is 0 Å². The Labute approximate surface area is 115 Å². The van der Waals surface area contributed by atoms with Crippen LogP contribution in [0.1, 0.15) is 24.2 Å². The summed E-state index contributed by atoms with van der Waals surface area (Å²) in [5.41, 5.74) is 0.631. The standard InChI is InChI=1S/C14H24N4O/c1-6-18(11(2)10-17(4)5)14(19)12-7-8-13(15-3)16-9-12/h7-9,11H,6,10H2,1-5H3,(H,15,16). The van der Waals surface area contributed by atoms with Gasteiger partial charge < -0.3 is 15.1 Å². The molecule has 106 valence electrons. The molecule has 1 rings (SSSR count). The van der Waals surface area contributed by atoms with Crippen molar-refractivity contribution in [1.29, 1.82) is 0 Å². The van der Waals surface area contributed by atoms with E-state index in [0.717, 1.165) is 12.4 Å². The number of pyridine rings is 1. The van der Waals surface area contributed by atoms with Crippen LogP contribution in [0.2, 0.25) is 0 Å². The summed E-state index contributed by atoms with van der Waals surface area (Å²) in [6, 6.07) is 3.81. The molecule has 5 heteroatoms. The fourth-order valence-electron chi connectivity index (χ4n) is 2.12. The number of hydrogen-bond donors (Lipinski definition) is 1. The molecule has 0 saturated heterocycles. The van der Waals surface area contributed by atoms with Crippen molar-refractivity contribution in [2.75, 3.05) is 39.5 Å². The maximum Gasteiger partial charge on any atom is 0.255 e. The van der Waals surface area contributed by atoms with Crippen molar-refractivity contribution in [3.05, 3.63) is 23.9 Å². The Morgan fingerprint density at radius 3 is 2.53 bits per heavy atom. The smallest absolute Gasteiger partial charge is 0.255 e. The monoisotopic (exact) mass is 264 g/mol. The summed E-state index contributed by atoms with van der Waals surface area (Å²) < 4.78 is 0. The van der Waals surface area contributed by atoms with Crippen LogP contribution < -0.4 is 5.32 Å². The second kappa shape index (κ2) is 7.09. The lowest BCUT2D eigenvalue weighted by molar-refractivity contribution is 0.0678.